The van der Waals surface area contributed by atoms with E-state index in [0.29, 0.717) is 0 Å². The Morgan fingerprint density at radius 3 is 2.39 bits per heavy atom. The molecule has 1 aromatic carbocycles. The van der Waals surface area contributed by atoms with Gasteiger partial charge in [0.25, 0.3) is 0 Å². The summed E-state index contributed by atoms with van der Waals surface area (Å²) in [5, 5.41) is 17.9. The largest absolute Gasteiger partial charge is 0.480 e. The molecule has 18 heavy (non-hydrogen) atoms. The van der Waals surface area contributed by atoms with Crippen LogP contribution in [0.15, 0.2) is 35.9 Å². The molecule has 1 atom stereocenters. The third-order valence-electron chi connectivity index (χ3n) is 2.91. The van der Waals surface area contributed by atoms with Gasteiger partial charge >= 0.3 is 12.1 Å². The van der Waals surface area contributed by atoms with Crippen LogP contribution in [-0.4, -0.2) is 39.8 Å². The van der Waals surface area contributed by atoms with Crippen molar-refractivity contribution in [1.29, 1.82) is 0 Å². The maximum Gasteiger partial charge on any atom is 0.408 e. The van der Waals surface area contributed by atoms with Crippen LogP contribution in [0.3, 0.4) is 0 Å². The molecule has 94 valence electrons. The van der Waals surface area contributed by atoms with Crippen molar-refractivity contribution in [2.24, 2.45) is 0 Å². The molecule has 5 nitrogen and oxygen atoms in total. The Hall–Kier alpha value is -2.30. The Balaban J connectivity index is 2.21. The molecule has 5 heteroatoms. The number of carboxylic acids is 1. The second kappa shape index (κ2) is 4.91. The fourth-order valence-electron chi connectivity index (χ4n) is 2.06. The highest BCUT2D eigenvalue weighted by molar-refractivity contribution is 5.81. The van der Waals surface area contributed by atoms with Gasteiger partial charge < -0.3 is 10.2 Å². The highest BCUT2D eigenvalue weighted by Gasteiger charge is 2.36. The Morgan fingerprint density at radius 1 is 1.22 bits per heavy atom. The Labute approximate surface area is 104 Å². The first kappa shape index (κ1) is 12.2. The molecule has 2 N–H and O–H groups in total. The van der Waals surface area contributed by atoms with E-state index in [1.54, 1.807) is 0 Å². The lowest BCUT2D eigenvalue weighted by Gasteiger charge is -2.16. The highest BCUT2D eigenvalue weighted by atomic mass is 16.4. The average Bonchev–Trinajstić information content (AvgIpc) is 2.74. The fourth-order valence-corrected chi connectivity index (χ4v) is 2.06. The molecular weight excluding hydrogens is 234 g/mol. The maximum absolute atomic E-state index is 11.0. The standard InChI is InChI=1S/C13H13NO4/c15-12(16)11-7-10(8-14(11)13(17)18)6-9-4-2-1-3-5-9/h1-6,11H,7-8H2,(H,15,16)(H,17,18)/b10-6+/t11-/m0/s1. The number of aliphatic carboxylic acids is 1. The molecule has 1 aliphatic rings. The van der Waals surface area contributed by atoms with Gasteiger partial charge in [0, 0.05) is 13.0 Å². The van der Waals surface area contributed by atoms with Crippen molar-refractivity contribution < 1.29 is 19.8 Å². The molecule has 0 aliphatic carbocycles. The number of carboxylic acid groups (broad SMARTS) is 2. The van der Waals surface area contributed by atoms with Gasteiger partial charge in [0.05, 0.1) is 0 Å². The normalized spacial score (nSPS) is 21.2. The van der Waals surface area contributed by atoms with E-state index < -0.39 is 18.1 Å². The van der Waals surface area contributed by atoms with Crippen molar-refractivity contribution in [2.75, 3.05) is 6.54 Å². The first-order valence-corrected chi connectivity index (χ1v) is 5.55. The molecule has 1 aromatic rings. The molecule has 0 aromatic heterocycles. The van der Waals surface area contributed by atoms with Gasteiger partial charge in [-0.2, -0.15) is 0 Å². The summed E-state index contributed by atoms with van der Waals surface area (Å²) in [4.78, 5) is 22.9. The fraction of sp³-hybridized carbons (Fsp3) is 0.231. The first-order chi connectivity index (χ1) is 8.58. The zero-order valence-corrected chi connectivity index (χ0v) is 9.61. The summed E-state index contributed by atoms with van der Waals surface area (Å²) in [5.41, 5.74) is 1.76. The highest BCUT2D eigenvalue weighted by Crippen LogP contribution is 2.24. The maximum atomic E-state index is 11.0. The molecule has 0 bridgehead atoms. The van der Waals surface area contributed by atoms with Crippen LogP contribution in [0.25, 0.3) is 6.08 Å². The SMILES string of the molecule is O=C(O)[C@@H]1C/C(=C\c2ccccc2)CN1C(=O)O. The lowest BCUT2D eigenvalue weighted by molar-refractivity contribution is -0.141. The molecule has 1 saturated heterocycles. The van der Waals surface area contributed by atoms with E-state index in [1.807, 2.05) is 36.4 Å². The second-order valence-electron chi connectivity index (χ2n) is 4.18. The summed E-state index contributed by atoms with van der Waals surface area (Å²) in [6, 6.07) is 8.46. The number of likely N-dealkylation sites (tertiary alicyclic amines) is 1. The molecule has 1 fully saturated rings. The quantitative estimate of drug-likeness (QED) is 0.836. The number of hydrogen-bond acceptors (Lipinski definition) is 2. The zero-order valence-electron chi connectivity index (χ0n) is 9.61. The first-order valence-electron chi connectivity index (χ1n) is 5.55. The van der Waals surface area contributed by atoms with Crippen LogP contribution in [0.4, 0.5) is 4.79 Å². The molecule has 0 saturated carbocycles. The predicted molar refractivity (Wildman–Crippen MR) is 65.2 cm³/mol. The summed E-state index contributed by atoms with van der Waals surface area (Å²) in [5.74, 6) is -1.10. The minimum Gasteiger partial charge on any atom is -0.480 e. The van der Waals surface area contributed by atoms with Crippen LogP contribution < -0.4 is 0 Å². The van der Waals surface area contributed by atoms with Crippen LogP contribution in [0.1, 0.15) is 12.0 Å². The number of amides is 1. The summed E-state index contributed by atoms with van der Waals surface area (Å²) >= 11 is 0. The molecule has 1 amide bonds. The van der Waals surface area contributed by atoms with Gasteiger partial charge in [0.2, 0.25) is 0 Å². The van der Waals surface area contributed by atoms with Gasteiger partial charge in [-0.25, -0.2) is 9.59 Å². The van der Waals surface area contributed by atoms with Crippen LogP contribution in [0, 0.1) is 0 Å². The van der Waals surface area contributed by atoms with Crippen LogP contribution in [0.5, 0.6) is 0 Å². The van der Waals surface area contributed by atoms with E-state index in [-0.39, 0.29) is 13.0 Å². The van der Waals surface area contributed by atoms with E-state index >= 15 is 0 Å². The van der Waals surface area contributed by atoms with Gasteiger partial charge in [-0.3, -0.25) is 4.90 Å². The summed E-state index contributed by atoms with van der Waals surface area (Å²) in [7, 11) is 0. The third-order valence-corrected chi connectivity index (χ3v) is 2.91. The Morgan fingerprint density at radius 2 is 1.89 bits per heavy atom. The zero-order chi connectivity index (χ0) is 13.1. The van der Waals surface area contributed by atoms with Gasteiger partial charge in [-0.05, 0) is 11.1 Å². The topological polar surface area (TPSA) is 77.8 Å². The van der Waals surface area contributed by atoms with Gasteiger partial charge in [0.15, 0.2) is 0 Å². The lowest BCUT2D eigenvalue weighted by Crippen LogP contribution is -2.39. The van der Waals surface area contributed by atoms with Crippen molar-refractivity contribution >= 4 is 18.1 Å². The van der Waals surface area contributed by atoms with Crippen molar-refractivity contribution in [1.82, 2.24) is 4.90 Å². The number of nitrogens with zero attached hydrogens (tertiary/aromatic N) is 1. The molecule has 0 unspecified atom stereocenters. The number of hydrogen-bond donors (Lipinski definition) is 2. The van der Waals surface area contributed by atoms with E-state index in [1.165, 1.54) is 0 Å². The molecule has 0 spiro atoms. The second-order valence-corrected chi connectivity index (χ2v) is 4.18. The van der Waals surface area contributed by atoms with Gasteiger partial charge in [0.1, 0.15) is 6.04 Å². The van der Waals surface area contributed by atoms with Crippen LogP contribution >= 0.6 is 0 Å². The smallest absolute Gasteiger partial charge is 0.408 e. The van der Waals surface area contributed by atoms with Crippen molar-refractivity contribution in [3.05, 3.63) is 41.5 Å². The minimum absolute atomic E-state index is 0.154. The summed E-state index contributed by atoms with van der Waals surface area (Å²) in [6.45, 7) is 0.154. The minimum atomic E-state index is -1.20. The predicted octanol–water partition coefficient (Wildman–Crippen LogP) is 1.91. The van der Waals surface area contributed by atoms with Crippen LogP contribution in [0.2, 0.25) is 0 Å². The van der Waals surface area contributed by atoms with Gasteiger partial charge in [-0.15, -0.1) is 0 Å². The van der Waals surface area contributed by atoms with Crippen molar-refractivity contribution in [2.45, 2.75) is 12.5 Å². The molecule has 0 radical (unpaired) electrons. The van der Waals surface area contributed by atoms with Crippen molar-refractivity contribution in [3.8, 4) is 0 Å². The van der Waals surface area contributed by atoms with E-state index in [2.05, 4.69) is 0 Å². The molecule has 1 aliphatic heterocycles. The van der Waals surface area contributed by atoms with Crippen molar-refractivity contribution in [3.63, 3.8) is 0 Å². The summed E-state index contributed by atoms with van der Waals surface area (Å²) < 4.78 is 0. The van der Waals surface area contributed by atoms with Crippen LogP contribution in [-0.2, 0) is 4.79 Å². The number of rotatable bonds is 2. The molecule has 1 heterocycles. The summed E-state index contributed by atoms with van der Waals surface area (Å²) in [6.07, 6.45) is 0.897. The van der Waals surface area contributed by atoms with Gasteiger partial charge in [-0.1, -0.05) is 36.4 Å². The number of carbonyl (C=O) groups is 2. The molecular formula is C13H13NO4. The third kappa shape index (κ3) is 2.51. The monoisotopic (exact) mass is 247 g/mol. The number of benzene rings is 1. The van der Waals surface area contributed by atoms with E-state index in [9.17, 15) is 9.59 Å². The lowest BCUT2D eigenvalue weighted by atomic mass is 10.1. The Bertz CT molecular complexity index is 471. The average molecular weight is 247 g/mol. The van der Waals surface area contributed by atoms with E-state index in [4.69, 9.17) is 10.2 Å². The van der Waals surface area contributed by atoms with E-state index in [0.717, 1.165) is 16.0 Å². The molecule has 2 rings (SSSR count). The Kier molecular flexibility index (Phi) is 3.32.